The number of fused-ring (bicyclic) bond motifs is 1. The molecular weight excluding hydrogens is 334 g/mol. The van der Waals surface area contributed by atoms with Crippen LogP contribution in [0.3, 0.4) is 0 Å². The van der Waals surface area contributed by atoms with Crippen LogP contribution >= 0.6 is 0 Å². The van der Waals surface area contributed by atoms with E-state index >= 15 is 0 Å². The van der Waals surface area contributed by atoms with Gasteiger partial charge in [0, 0.05) is 11.3 Å². The van der Waals surface area contributed by atoms with Crippen molar-refractivity contribution >= 4 is 22.4 Å². The molecule has 0 aliphatic carbocycles. The Morgan fingerprint density at radius 1 is 0.741 bits per heavy atom. The molecule has 0 aliphatic rings. The number of carbonyl (C=O) groups excluding carboxylic acids is 1. The van der Waals surface area contributed by atoms with E-state index in [-0.39, 0.29) is 5.91 Å². The Bertz CT molecular complexity index is 1080. The highest BCUT2D eigenvalue weighted by Gasteiger charge is 2.10. The number of hydrogen-bond acceptors (Lipinski definition) is 2. The van der Waals surface area contributed by atoms with E-state index in [1.807, 2.05) is 97.9 Å². The van der Waals surface area contributed by atoms with Crippen LogP contribution in [0.25, 0.3) is 10.8 Å². The van der Waals surface area contributed by atoms with E-state index in [0.29, 0.717) is 5.56 Å². The molecule has 0 atom stereocenters. The number of anilines is 1. The highest BCUT2D eigenvalue weighted by atomic mass is 16.5. The normalized spacial score (nSPS) is 10.6. The Balaban J connectivity index is 1.49. The van der Waals surface area contributed by atoms with Crippen LogP contribution < -0.4 is 10.1 Å². The topological polar surface area (TPSA) is 38.3 Å². The van der Waals surface area contributed by atoms with Crippen molar-refractivity contribution in [2.75, 3.05) is 5.32 Å². The second-order valence-corrected chi connectivity index (χ2v) is 6.42. The molecule has 3 nitrogen and oxygen atoms in total. The average Bonchev–Trinajstić information content (AvgIpc) is 2.71. The van der Waals surface area contributed by atoms with Gasteiger partial charge in [-0.05, 0) is 60.2 Å². The van der Waals surface area contributed by atoms with Crippen molar-refractivity contribution in [1.29, 1.82) is 0 Å². The van der Waals surface area contributed by atoms with E-state index in [0.717, 1.165) is 28.0 Å². The third kappa shape index (κ3) is 3.82. The molecule has 27 heavy (non-hydrogen) atoms. The molecule has 4 aromatic carbocycles. The molecule has 0 aromatic heterocycles. The van der Waals surface area contributed by atoms with E-state index in [1.54, 1.807) is 0 Å². The minimum absolute atomic E-state index is 0.126. The lowest BCUT2D eigenvalue weighted by Crippen LogP contribution is -2.12. The Morgan fingerprint density at radius 3 is 2.11 bits per heavy atom. The van der Waals surface area contributed by atoms with Crippen molar-refractivity contribution in [3.63, 3.8) is 0 Å². The van der Waals surface area contributed by atoms with Gasteiger partial charge in [-0.3, -0.25) is 4.79 Å². The van der Waals surface area contributed by atoms with Crippen LogP contribution in [0.15, 0.2) is 91.0 Å². The predicted octanol–water partition coefficient (Wildman–Crippen LogP) is 6.19. The van der Waals surface area contributed by atoms with Gasteiger partial charge in [0.2, 0.25) is 0 Å². The maximum Gasteiger partial charge on any atom is 0.256 e. The van der Waals surface area contributed by atoms with E-state index in [4.69, 9.17) is 4.74 Å². The van der Waals surface area contributed by atoms with E-state index in [2.05, 4.69) is 5.32 Å². The quantitative estimate of drug-likeness (QED) is 0.475. The molecule has 0 radical (unpaired) electrons. The molecule has 1 amide bonds. The van der Waals surface area contributed by atoms with Crippen molar-refractivity contribution in [2.45, 2.75) is 6.92 Å². The van der Waals surface area contributed by atoms with E-state index < -0.39 is 0 Å². The first-order valence-corrected chi connectivity index (χ1v) is 8.83. The molecule has 4 aromatic rings. The molecule has 0 bridgehead atoms. The molecule has 132 valence electrons. The van der Waals surface area contributed by atoms with Crippen molar-refractivity contribution in [1.82, 2.24) is 0 Å². The summed E-state index contributed by atoms with van der Waals surface area (Å²) in [6, 6.07) is 28.9. The molecule has 4 rings (SSSR count). The molecule has 0 heterocycles. The van der Waals surface area contributed by atoms with Crippen molar-refractivity contribution in [3.05, 3.63) is 102 Å². The summed E-state index contributed by atoms with van der Waals surface area (Å²) >= 11 is 0. The summed E-state index contributed by atoms with van der Waals surface area (Å²) in [6.45, 7) is 2.04. The van der Waals surface area contributed by atoms with Gasteiger partial charge in [-0.2, -0.15) is 0 Å². The summed E-state index contributed by atoms with van der Waals surface area (Å²) in [5, 5.41) is 4.94. The Morgan fingerprint density at radius 2 is 1.37 bits per heavy atom. The van der Waals surface area contributed by atoms with E-state index in [1.165, 1.54) is 5.56 Å². The SMILES string of the molecule is Cc1ccc(Oc2ccc(NC(=O)c3cccc4ccccc34)cc2)cc1. The zero-order valence-corrected chi connectivity index (χ0v) is 15.0. The number of amides is 1. The Labute approximate surface area is 158 Å². The predicted molar refractivity (Wildman–Crippen MR) is 110 cm³/mol. The maximum atomic E-state index is 12.7. The lowest BCUT2D eigenvalue weighted by molar-refractivity contribution is 0.102. The van der Waals surface area contributed by atoms with Gasteiger partial charge < -0.3 is 10.1 Å². The third-order valence-corrected chi connectivity index (χ3v) is 4.40. The van der Waals surface area contributed by atoms with Gasteiger partial charge in [-0.1, -0.05) is 54.1 Å². The van der Waals surface area contributed by atoms with E-state index in [9.17, 15) is 4.79 Å². The molecule has 0 fully saturated rings. The molecule has 0 aliphatic heterocycles. The maximum absolute atomic E-state index is 12.7. The lowest BCUT2D eigenvalue weighted by atomic mass is 10.0. The number of ether oxygens (including phenoxy) is 1. The summed E-state index contributed by atoms with van der Waals surface area (Å²) in [5.74, 6) is 1.38. The number of aryl methyl sites for hydroxylation is 1. The number of carbonyl (C=O) groups is 1. The van der Waals surface area contributed by atoms with Gasteiger partial charge >= 0.3 is 0 Å². The van der Waals surface area contributed by atoms with Crippen LogP contribution in [0.4, 0.5) is 5.69 Å². The molecule has 0 spiro atoms. The molecule has 3 heteroatoms. The molecule has 0 saturated carbocycles. The zero-order valence-electron chi connectivity index (χ0n) is 15.0. The van der Waals surface area contributed by atoms with Crippen molar-refractivity contribution < 1.29 is 9.53 Å². The highest BCUT2D eigenvalue weighted by Crippen LogP contribution is 2.24. The average molecular weight is 353 g/mol. The standard InChI is InChI=1S/C24H19NO2/c1-17-9-13-20(14-10-17)27-21-15-11-19(12-16-21)25-24(26)23-8-4-6-18-5-2-3-7-22(18)23/h2-16H,1H3,(H,25,26). The van der Waals surface area contributed by atoms with Gasteiger partial charge in [0.15, 0.2) is 0 Å². The van der Waals surface area contributed by atoms with Crippen LogP contribution in [0.5, 0.6) is 11.5 Å². The molecule has 0 unspecified atom stereocenters. The summed E-state index contributed by atoms with van der Waals surface area (Å²) in [5.41, 5.74) is 2.58. The van der Waals surface area contributed by atoms with Gasteiger partial charge in [-0.15, -0.1) is 0 Å². The second-order valence-electron chi connectivity index (χ2n) is 6.42. The molecule has 0 saturated heterocycles. The summed E-state index contributed by atoms with van der Waals surface area (Å²) in [4.78, 5) is 12.7. The summed E-state index contributed by atoms with van der Waals surface area (Å²) in [7, 11) is 0. The van der Waals surface area contributed by atoms with Crippen LogP contribution in [0, 0.1) is 6.92 Å². The van der Waals surface area contributed by atoms with Gasteiger partial charge in [0.1, 0.15) is 11.5 Å². The van der Waals surface area contributed by atoms with Gasteiger partial charge in [0.25, 0.3) is 5.91 Å². The van der Waals surface area contributed by atoms with Crippen molar-refractivity contribution in [2.24, 2.45) is 0 Å². The first-order chi connectivity index (χ1) is 13.2. The minimum atomic E-state index is -0.126. The molecular formula is C24H19NO2. The third-order valence-electron chi connectivity index (χ3n) is 4.40. The fourth-order valence-corrected chi connectivity index (χ4v) is 2.97. The van der Waals surface area contributed by atoms with Crippen LogP contribution in [0.2, 0.25) is 0 Å². The molecule has 1 N–H and O–H groups in total. The number of rotatable bonds is 4. The largest absolute Gasteiger partial charge is 0.457 e. The minimum Gasteiger partial charge on any atom is -0.457 e. The first-order valence-electron chi connectivity index (χ1n) is 8.83. The van der Waals surface area contributed by atoms with Gasteiger partial charge in [-0.25, -0.2) is 0 Å². The highest BCUT2D eigenvalue weighted by molar-refractivity contribution is 6.12. The Hall–Kier alpha value is -3.59. The van der Waals surface area contributed by atoms with Crippen molar-refractivity contribution in [3.8, 4) is 11.5 Å². The van der Waals surface area contributed by atoms with Crippen LogP contribution in [-0.2, 0) is 0 Å². The van der Waals surface area contributed by atoms with Gasteiger partial charge in [0.05, 0.1) is 0 Å². The second kappa shape index (κ2) is 7.34. The van der Waals surface area contributed by atoms with Crippen LogP contribution in [0.1, 0.15) is 15.9 Å². The smallest absolute Gasteiger partial charge is 0.256 e. The monoisotopic (exact) mass is 353 g/mol. The fourth-order valence-electron chi connectivity index (χ4n) is 2.97. The van der Waals surface area contributed by atoms with Crippen LogP contribution in [-0.4, -0.2) is 5.91 Å². The number of hydrogen-bond donors (Lipinski definition) is 1. The first kappa shape index (κ1) is 16.9. The number of benzene rings is 4. The number of nitrogens with one attached hydrogen (secondary N) is 1. The zero-order chi connectivity index (χ0) is 18.6. The summed E-state index contributed by atoms with van der Waals surface area (Å²) < 4.78 is 5.82. The lowest BCUT2D eigenvalue weighted by Gasteiger charge is -2.10. The summed E-state index contributed by atoms with van der Waals surface area (Å²) in [6.07, 6.45) is 0. The fraction of sp³-hybridized carbons (Fsp3) is 0.0417. The Kier molecular flexibility index (Phi) is 4.58.